The highest BCUT2D eigenvalue weighted by Gasteiger charge is 2.23. The molecule has 0 spiro atoms. The van der Waals surface area contributed by atoms with Crippen LogP contribution in [-0.4, -0.2) is 41.5 Å². The summed E-state index contributed by atoms with van der Waals surface area (Å²) in [5.41, 5.74) is 2.20. The molecule has 114 valence electrons. The number of piperidine rings is 1. The molecule has 0 aromatic heterocycles. The number of carbonyl (C=O) groups excluding carboxylic acids is 2. The van der Waals surface area contributed by atoms with Gasteiger partial charge in [-0.2, -0.15) is 0 Å². The summed E-state index contributed by atoms with van der Waals surface area (Å²) in [5.74, 6) is 0.145. The third kappa shape index (κ3) is 3.82. The van der Waals surface area contributed by atoms with E-state index in [0.29, 0.717) is 30.3 Å². The summed E-state index contributed by atoms with van der Waals surface area (Å²) < 4.78 is 0. The normalized spacial score (nSPS) is 15.9. The van der Waals surface area contributed by atoms with Crippen LogP contribution >= 0.6 is 0 Å². The number of aliphatic hydroxyl groups excluding tert-OH is 1. The first-order chi connectivity index (χ1) is 10.0. The third-order valence-electron chi connectivity index (χ3n) is 3.96. The molecule has 21 heavy (non-hydrogen) atoms. The number of rotatable bonds is 3. The van der Waals surface area contributed by atoms with Crippen LogP contribution in [0.3, 0.4) is 0 Å². The standard InChI is InChI=1S/C16H22N2O3/c1-11-3-4-14(9-15(11)17-12(2)20)16(21)18-7-5-13(10-19)6-8-18/h3-4,9,13,19H,5-8,10H2,1-2H3,(H,17,20). The van der Waals surface area contributed by atoms with Gasteiger partial charge in [0.25, 0.3) is 5.91 Å². The Kier molecular flexibility index (Phi) is 4.96. The third-order valence-corrected chi connectivity index (χ3v) is 3.96. The first-order valence-electron chi connectivity index (χ1n) is 7.29. The van der Waals surface area contributed by atoms with Gasteiger partial charge in [-0.05, 0) is 43.4 Å². The Morgan fingerprint density at radius 1 is 1.33 bits per heavy atom. The number of likely N-dealkylation sites (tertiary alicyclic amines) is 1. The molecule has 1 aliphatic rings. The van der Waals surface area contributed by atoms with Gasteiger partial charge in [0.05, 0.1) is 0 Å². The van der Waals surface area contributed by atoms with Crippen LogP contribution in [0.2, 0.25) is 0 Å². The summed E-state index contributed by atoms with van der Waals surface area (Å²) in [4.78, 5) is 25.5. The van der Waals surface area contributed by atoms with Gasteiger partial charge < -0.3 is 15.3 Å². The summed E-state index contributed by atoms with van der Waals surface area (Å²) in [6.45, 7) is 4.89. The predicted molar refractivity (Wildman–Crippen MR) is 81.2 cm³/mol. The fraction of sp³-hybridized carbons (Fsp3) is 0.500. The lowest BCUT2D eigenvalue weighted by Crippen LogP contribution is -2.39. The molecule has 0 saturated carbocycles. The molecular formula is C16H22N2O3. The molecule has 2 rings (SSSR count). The summed E-state index contributed by atoms with van der Waals surface area (Å²) in [7, 11) is 0. The summed E-state index contributed by atoms with van der Waals surface area (Å²) in [6.07, 6.45) is 1.68. The smallest absolute Gasteiger partial charge is 0.253 e. The van der Waals surface area contributed by atoms with Crippen molar-refractivity contribution in [3.63, 3.8) is 0 Å². The number of hydrogen-bond acceptors (Lipinski definition) is 3. The summed E-state index contributed by atoms with van der Waals surface area (Å²) in [6, 6.07) is 5.37. The van der Waals surface area contributed by atoms with E-state index in [1.165, 1.54) is 6.92 Å². The Balaban J connectivity index is 2.11. The topological polar surface area (TPSA) is 69.6 Å². The minimum atomic E-state index is -0.147. The second-order valence-corrected chi connectivity index (χ2v) is 5.63. The van der Waals surface area contributed by atoms with E-state index < -0.39 is 0 Å². The van der Waals surface area contributed by atoms with Gasteiger partial charge in [0.15, 0.2) is 0 Å². The van der Waals surface area contributed by atoms with Crippen LogP contribution in [0.25, 0.3) is 0 Å². The predicted octanol–water partition coefficient (Wildman–Crippen LogP) is 1.80. The zero-order chi connectivity index (χ0) is 15.4. The molecule has 1 fully saturated rings. The lowest BCUT2D eigenvalue weighted by atomic mass is 9.97. The molecule has 0 aliphatic carbocycles. The van der Waals surface area contributed by atoms with E-state index in [9.17, 15) is 9.59 Å². The van der Waals surface area contributed by atoms with Crippen LogP contribution in [0.4, 0.5) is 5.69 Å². The first-order valence-corrected chi connectivity index (χ1v) is 7.29. The van der Waals surface area contributed by atoms with Gasteiger partial charge in [0, 0.05) is 37.9 Å². The molecule has 0 atom stereocenters. The molecular weight excluding hydrogens is 268 g/mol. The molecule has 1 heterocycles. The Morgan fingerprint density at radius 2 is 2.00 bits per heavy atom. The molecule has 5 heteroatoms. The second-order valence-electron chi connectivity index (χ2n) is 5.63. The Hall–Kier alpha value is -1.88. The molecule has 5 nitrogen and oxygen atoms in total. The van der Waals surface area contributed by atoms with Crippen LogP contribution in [-0.2, 0) is 4.79 Å². The largest absolute Gasteiger partial charge is 0.396 e. The van der Waals surface area contributed by atoms with Crippen molar-refractivity contribution in [3.05, 3.63) is 29.3 Å². The SMILES string of the molecule is CC(=O)Nc1cc(C(=O)N2CCC(CO)CC2)ccc1C. The number of anilines is 1. The van der Waals surface area contributed by atoms with Crippen LogP contribution in [0.1, 0.15) is 35.7 Å². The van der Waals surface area contributed by atoms with Gasteiger partial charge in [-0.25, -0.2) is 0 Å². The van der Waals surface area contributed by atoms with E-state index in [4.69, 9.17) is 5.11 Å². The number of aliphatic hydroxyl groups is 1. The maximum absolute atomic E-state index is 12.5. The minimum Gasteiger partial charge on any atom is -0.396 e. The number of nitrogens with one attached hydrogen (secondary N) is 1. The Labute approximate surface area is 125 Å². The van der Waals surface area contributed by atoms with Crippen LogP contribution < -0.4 is 5.32 Å². The van der Waals surface area contributed by atoms with E-state index in [2.05, 4.69) is 5.32 Å². The highest BCUT2D eigenvalue weighted by atomic mass is 16.3. The Bertz CT molecular complexity index is 534. The lowest BCUT2D eigenvalue weighted by molar-refractivity contribution is -0.114. The molecule has 0 bridgehead atoms. The van der Waals surface area contributed by atoms with Crippen molar-refractivity contribution in [1.29, 1.82) is 0 Å². The van der Waals surface area contributed by atoms with Gasteiger partial charge in [0.2, 0.25) is 5.91 Å². The van der Waals surface area contributed by atoms with Gasteiger partial charge >= 0.3 is 0 Å². The minimum absolute atomic E-state index is 0.0157. The number of aryl methyl sites for hydroxylation is 1. The number of hydrogen-bond donors (Lipinski definition) is 2. The van der Waals surface area contributed by atoms with Crippen molar-refractivity contribution in [1.82, 2.24) is 4.90 Å². The molecule has 1 aliphatic heterocycles. The zero-order valence-corrected chi connectivity index (χ0v) is 12.6. The summed E-state index contributed by atoms with van der Waals surface area (Å²) in [5, 5.41) is 11.9. The van der Waals surface area contributed by atoms with E-state index in [-0.39, 0.29) is 18.4 Å². The van der Waals surface area contributed by atoms with E-state index in [1.54, 1.807) is 12.1 Å². The fourth-order valence-corrected chi connectivity index (χ4v) is 2.58. The monoisotopic (exact) mass is 290 g/mol. The summed E-state index contributed by atoms with van der Waals surface area (Å²) >= 11 is 0. The molecule has 0 radical (unpaired) electrons. The molecule has 1 saturated heterocycles. The number of benzene rings is 1. The van der Waals surface area contributed by atoms with E-state index in [0.717, 1.165) is 18.4 Å². The van der Waals surface area contributed by atoms with Crippen molar-refractivity contribution in [3.8, 4) is 0 Å². The molecule has 1 aromatic rings. The van der Waals surface area contributed by atoms with E-state index >= 15 is 0 Å². The molecule has 2 amide bonds. The number of amides is 2. The molecule has 2 N–H and O–H groups in total. The van der Waals surface area contributed by atoms with Crippen molar-refractivity contribution < 1.29 is 14.7 Å². The average molecular weight is 290 g/mol. The maximum Gasteiger partial charge on any atom is 0.253 e. The lowest BCUT2D eigenvalue weighted by Gasteiger charge is -2.31. The Morgan fingerprint density at radius 3 is 2.57 bits per heavy atom. The highest BCUT2D eigenvalue weighted by Crippen LogP contribution is 2.21. The van der Waals surface area contributed by atoms with E-state index in [1.807, 2.05) is 17.9 Å². The zero-order valence-electron chi connectivity index (χ0n) is 12.6. The second kappa shape index (κ2) is 6.72. The van der Waals surface area contributed by atoms with Crippen molar-refractivity contribution in [2.75, 3.05) is 25.0 Å². The van der Waals surface area contributed by atoms with Crippen molar-refractivity contribution in [2.45, 2.75) is 26.7 Å². The van der Waals surface area contributed by atoms with Crippen LogP contribution in [0.15, 0.2) is 18.2 Å². The fourth-order valence-electron chi connectivity index (χ4n) is 2.58. The van der Waals surface area contributed by atoms with Crippen molar-refractivity contribution in [2.24, 2.45) is 5.92 Å². The molecule has 0 unspecified atom stereocenters. The quantitative estimate of drug-likeness (QED) is 0.892. The highest BCUT2D eigenvalue weighted by molar-refractivity contribution is 5.97. The van der Waals surface area contributed by atoms with Crippen LogP contribution in [0, 0.1) is 12.8 Å². The first kappa shape index (κ1) is 15.5. The number of nitrogens with zero attached hydrogens (tertiary/aromatic N) is 1. The van der Waals surface area contributed by atoms with Crippen LogP contribution in [0.5, 0.6) is 0 Å². The number of carbonyl (C=O) groups is 2. The van der Waals surface area contributed by atoms with Gasteiger partial charge in [0.1, 0.15) is 0 Å². The molecule has 1 aromatic carbocycles. The van der Waals surface area contributed by atoms with Gasteiger partial charge in [-0.1, -0.05) is 6.07 Å². The van der Waals surface area contributed by atoms with Gasteiger partial charge in [-0.3, -0.25) is 9.59 Å². The average Bonchev–Trinajstić information content (AvgIpc) is 2.48. The van der Waals surface area contributed by atoms with Gasteiger partial charge in [-0.15, -0.1) is 0 Å². The maximum atomic E-state index is 12.5. The van der Waals surface area contributed by atoms with Crippen molar-refractivity contribution >= 4 is 17.5 Å².